The SMILES string of the molecule is CN(Cc1cnccn1)c1ncc(S(=O)(=O)NCCO)cc1C(F)(F)F. The number of hydrogen-bond donors (Lipinski definition) is 2. The van der Waals surface area contributed by atoms with Gasteiger partial charge in [0.15, 0.2) is 0 Å². The molecule has 0 spiro atoms. The Morgan fingerprint density at radius 2 is 1.96 bits per heavy atom. The van der Waals surface area contributed by atoms with Gasteiger partial charge in [-0.25, -0.2) is 18.1 Å². The molecule has 0 saturated heterocycles. The van der Waals surface area contributed by atoms with E-state index in [1.807, 2.05) is 4.72 Å². The van der Waals surface area contributed by atoms with Crippen LogP contribution in [0.4, 0.5) is 19.0 Å². The minimum absolute atomic E-state index is 0.00121. The van der Waals surface area contributed by atoms with Crippen LogP contribution in [0.15, 0.2) is 35.7 Å². The van der Waals surface area contributed by atoms with Gasteiger partial charge in [0.25, 0.3) is 0 Å². The fourth-order valence-corrected chi connectivity index (χ4v) is 3.08. The second kappa shape index (κ2) is 7.93. The Bertz CT molecular complexity index is 847. The van der Waals surface area contributed by atoms with Crippen molar-refractivity contribution >= 4 is 15.8 Å². The lowest BCUT2D eigenvalue weighted by Crippen LogP contribution is -2.28. The Morgan fingerprint density at radius 1 is 1.23 bits per heavy atom. The van der Waals surface area contributed by atoms with Gasteiger partial charge in [-0.2, -0.15) is 13.2 Å². The maximum atomic E-state index is 13.4. The molecule has 2 heterocycles. The predicted molar refractivity (Wildman–Crippen MR) is 85.7 cm³/mol. The molecule has 0 fully saturated rings. The minimum atomic E-state index is -4.82. The van der Waals surface area contributed by atoms with E-state index in [4.69, 9.17) is 5.11 Å². The summed E-state index contributed by atoms with van der Waals surface area (Å²) in [6.07, 6.45) is 0.256. The first kappa shape index (κ1) is 20.0. The third-order valence-corrected chi connectivity index (χ3v) is 4.67. The van der Waals surface area contributed by atoms with Gasteiger partial charge in [-0.05, 0) is 6.07 Å². The zero-order valence-electron chi connectivity index (χ0n) is 13.6. The standard InChI is InChI=1S/C14H16F3N5O3S/c1-22(9-10-7-18-2-3-19-10)13-12(14(15,16)17)6-11(8-20-13)26(24,25)21-4-5-23/h2-3,6-8,21,23H,4-5,9H2,1H3. The molecule has 2 rings (SSSR count). The Labute approximate surface area is 147 Å². The van der Waals surface area contributed by atoms with Crippen LogP contribution >= 0.6 is 0 Å². The number of aliphatic hydroxyl groups excluding tert-OH is 1. The van der Waals surface area contributed by atoms with Gasteiger partial charge in [0.2, 0.25) is 10.0 Å². The highest BCUT2D eigenvalue weighted by molar-refractivity contribution is 7.89. The van der Waals surface area contributed by atoms with E-state index >= 15 is 0 Å². The topological polar surface area (TPSA) is 108 Å². The van der Waals surface area contributed by atoms with Crippen LogP contribution in [-0.4, -0.2) is 48.7 Å². The van der Waals surface area contributed by atoms with Gasteiger partial charge in [0.05, 0.1) is 30.6 Å². The Kier molecular flexibility index (Phi) is 6.10. The first-order valence-electron chi connectivity index (χ1n) is 7.29. The van der Waals surface area contributed by atoms with Crippen LogP contribution in [0.1, 0.15) is 11.3 Å². The molecule has 26 heavy (non-hydrogen) atoms. The number of pyridine rings is 1. The summed E-state index contributed by atoms with van der Waals surface area (Å²) < 4.78 is 66.2. The number of nitrogens with zero attached hydrogens (tertiary/aromatic N) is 4. The molecule has 142 valence electrons. The van der Waals surface area contributed by atoms with Crippen LogP contribution < -0.4 is 9.62 Å². The molecule has 0 atom stereocenters. The smallest absolute Gasteiger partial charge is 0.395 e. The molecular formula is C14H16F3N5O3S. The van der Waals surface area contributed by atoms with Crippen molar-refractivity contribution in [2.75, 3.05) is 25.1 Å². The van der Waals surface area contributed by atoms with Gasteiger partial charge in [0.1, 0.15) is 10.7 Å². The first-order chi connectivity index (χ1) is 12.1. The Morgan fingerprint density at radius 3 is 2.54 bits per heavy atom. The molecule has 0 aliphatic heterocycles. The highest BCUT2D eigenvalue weighted by atomic mass is 32.2. The number of hydrogen-bond acceptors (Lipinski definition) is 7. The van der Waals surface area contributed by atoms with Crippen LogP contribution in [0, 0.1) is 0 Å². The maximum Gasteiger partial charge on any atom is 0.420 e. The second-order valence-corrected chi connectivity index (χ2v) is 6.98. The fraction of sp³-hybridized carbons (Fsp3) is 0.357. The molecule has 8 nitrogen and oxygen atoms in total. The molecule has 0 amide bonds. The highest BCUT2D eigenvalue weighted by Crippen LogP contribution is 2.36. The zero-order chi connectivity index (χ0) is 19.4. The number of aromatic nitrogens is 3. The average Bonchev–Trinajstić information content (AvgIpc) is 2.59. The number of anilines is 1. The van der Waals surface area contributed by atoms with E-state index in [-0.39, 0.29) is 13.1 Å². The normalized spacial score (nSPS) is 12.2. The van der Waals surface area contributed by atoms with Crippen LogP contribution in [-0.2, 0) is 22.7 Å². The molecule has 0 aliphatic carbocycles. The quantitative estimate of drug-likeness (QED) is 0.719. The number of aliphatic hydroxyl groups is 1. The van der Waals surface area contributed by atoms with E-state index < -0.39 is 39.1 Å². The van der Waals surface area contributed by atoms with Crippen molar-refractivity contribution in [3.8, 4) is 0 Å². The van der Waals surface area contributed by atoms with Crippen LogP contribution in [0.3, 0.4) is 0 Å². The second-order valence-electron chi connectivity index (χ2n) is 5.21. The summed E-state index contributed by atoms with van der Waals surface area (Å²) in [5, 5.41) is 8.68. The third kappa shape index (κ3) is 4.86. The summed E-state index contributed by atoms with van der Waals surface area (Å²) in [5.41, 5.74) is -0.776. The van der Waals surface area contributed by atoms with Crippen molar-refractivity contribution in [1.29, 1.82) is 0 Å². The molecule has 2 aromatic heterocycles. The molecule has 2 N–H and O–H groups in total. The number of nitrogens with one attached hydrogen (secondary N) is 1. The van der Waals surface area contributed by atoms with Gasteiger partial charge in [-0.3, -0.25) is 9.97 Å². The van der Waals surface area contributed by atoms with Crippen molar-refractivity contribution in [2.24, 2.45) is 0 Å². The first-order valence-corrected chi connectivity index (χ1v) is 8.77. The lowest BCUT2D eigenvalue weighted by Gasteiger charge is -2.22. The summed E-state index contributed by atoms with van der Waals surface area (Å²) in [6, 6.07) is 0.509. The molecule has 0 unspecified atom stereocenters. The summed E-state index contributed by atoms with van der Waals surface area (Å²) in [6.45, 7) is -0.811. The van der Waals surface area contributed by atoms with Gasteiger partial charge >= 0.3 is 6.18 Å². The number of sulfonamides is 1. The summed E-state index contributed by atoms with van der Waals surface area (Å²) >= 11 is 0. The van der Waals surface area contributed by atoms with Crippen molar-refractivity contribution < 1.29 is 26.7 Å². The van der Waals surface area contributed by atoms with Gasteiger partial charge in [0, 0.05) is 32.2 Å². The molecule has 0 bridgehead atoms. The molecule has 0 aromatic carbocycles. The number of rotatable bonds is 7. The monoisotopic (exact) mass is 391 g/mol. The fourth-order valence-electron chi connectivity index (χ4n) is 2.09. The van der Waals surface area contributed by atoms with Crippen molar-refractivity contribution in [3.63, 3.8) is 0 Å². The van der Waals surface area contributed by atoms with Crippen LogP contribution in [0.5, 0.6) is 0 Å². The average molecular weight is 391 g/mol. The van der Waals surface area contributed by atoms with E-state index in [1.165, 1.54) is 30.5 Å². The molecule has 0 radical (unpaired) electrons. The predicted octanol–water partition coefficient (Wildman–Crippen LogP) is 0.797. The summed E-state index contributed by atoms with van der Waals surface area (Å²) in [4.78, 5) is 12.1. The number of halogens is 3. The number of alkyl halides is 3. The Hall–Kier alpha value is -2.31. The highest BCUT2D eigenvalue weighted by Gasteiger charge is 2.37. The minimum Gasteiger partial charge on any atom is -0.395 e. The van der Waals surface area contributed by atoms with Gasteiger partial charge in [-0.1, -0.05) is 0 Å². The van der Waals surface area contributed by atoms with Crippen molar-refractivity contribution in [2.45, 2.75) is 17.6 Å². The third-order valence-electron chi connectivity index (χ3n) is 3.24. The van der Waals surface area contributed by atoms with Crippen molar-refractivity contribution in [1.82, 2.24) is 19.7 Å². The maximum absolute atomic E-state index is 13.4. The molecular weight excluding hydrogens is 375 g/mol. The van der Waals surface area contributed by atoms with E-state index in [9.17, 15) is 21.6 Å². The van der Waals surface area contributed by atoms with Gasteiger partial charge < -0.3 is 10.0 Å². The largest absolute Gasteiger partial charge is 0.420 e. The van der Waals surface area contributed by atoms with E-state index in [0.29, 0.717) is 11.8 Å². The van der Waals surface area contributed by atoms with E-state index in [1.54, 1.807) is 0 Å². The lowest BCUT2D eigenvalue weighted by atomic mass is 10.2. The molecule has 0 saturated carbocycles. The van der Waals surface area contributed by atoms with Gasteiger partial charge in [-0.15, -0.1) is 0 Å². The molecule has 0 aliphatic rings. The molecule has 12 heteroatoms. The lowest BCUT2D eigenvalue weighted by molar-refractivity contribution is -0.137. The Balaban J connectivity index is 2.41. The summed E-state index contributed by atoms with van der Waals surface area (Å²) in [7, 11) is -2.84. The van der Waals surface area contributed by atoms with Crippen LogP contribution in [0.2, 0.25) is 0 Å². The summed E-state index contributed by atoms with van der Waals surface area (Å²) in [5.74, 6) is -0.440. The zero-order valence-corrected chi connectivity index (χ0v) is 14.4. The van der Waals surface area contributed by atoms with Crippen molar-refractivity contribution in [3.05, 3.63) is 42.1 Å². The van der Waals surface area contributed by atoms with E-state index in [2.05, 4.69) is 15.0 Å². The molecule has 2 aromatic rings. The van der Waals surface area contributed by atoms with E-state index in [0.717, 1.165) is 6.20 Å². The van der Waals surface area contributed by atoms with Crippen LogP contribution in [0.25, 0.3) is 0 Å².